The van der Waals surface area contributed by atoms with Gasteiger partial charge in [-0.15, -0.1) is 6.58 Å². The van der Waals surface area contributed by atoms with Crippen molar-refractivity contribution in [1.82, 2.24) is 0 Å². The Morgan fingerprint density at radius 3 is 2.10 bits per heavy atom. The summed E-state index contributed by atoms with van der Waals surface area (Å²) in [6.45, 7) is 10.5. The van der Waals surface area contributed by atoms with Gasteiger partial charge in [-0.1, -0.05) is 35.4 Å². The molecule has 1 unspecified atom stereocenters. The molecule has 0 aromatic heterocycles. The van der Waals surface area contributed by atoms with Crippen molar-refractivity contribution in [2.75, 3.05) is 5.33 Å². The van der Waals surface area contributed by atoms with Crippen LogP contribution in [0.1, 0.15) is 27.2 Å². The van der Waals surface area contributed by atoms with Gasteiger partial charge >= 0.3 is 0 Å². The first-order chi connectivity index (χ1) is 4.57. The van der Waals surface area contributed by atoms with E-state index in [4.69, 9.17) is 0 Å². The van der Waals surface area contributed by atoms with Crippen molar-refractivity contribution in [3.8, 4) is 0 Å². The molecule has 1 heteroatoms. The predicted octanol–water partition coefficient (Wildman–Crippen LogP) is 3.62. The largest absolute Gasteiger partial charge is 0.100 e. The summed E-state index contributed by atoms with van der Waals surface area (Å²) in [5.74, 6) is 1.52. The van der Waals surface area contributed by atoms with Crippen LogP contribution in [-0.2, 0) is 0 Å². The minimum Gasteiger partial charge on any atom is -0.100 e. The fourth-order valence-corrected chi connectivity index (χ4v) is 1.89. The van der Waals surface area contributed by atoms with Crippen molar-refractivity contribution < 1.29 is 0 Å². The van der Waals surface area contributed by atoms with Crippen molar-refractivity contribution in [2.45, 2.75) is 27.2 Å². The molecule has 0 saturated heterocycles. The highest BCUT2D eigenvalue weighted by atomic mass is 79.9. The van der Waals surface area contributed by atoms with Crippen molar-refractivity contribution in [1.29, 1.82) is 0 Å². The highest BCUT2D eigenvalue weighted by Gasteiger charge is 2.10. The van der Waals surface area contributed by atoms with Crippen LogP contribution in [0.3, 0.4) is 0 Å². The average molecular weight is 205 g/mol. The molecule has 0 aromatic carbocycles. The molecule has 0 saturated carbocycles. The van der Waals surface area contributed by atoms with E-state index in [9.17, 15) is 0 Å². The maximum absolute atomic E-state index is 3.90. The first-order valence-corrected chi connectivity index (χ1v) is 4.90. The quantitative estimate of drug-likeness (QED) is 0.485. The number of hydrogen-bond acceptors (Lipinski definition) is 0. The Balaban J connectivity index is 3.71. The molecular weight excluding hydrogens is 188 g/mol. The van der Waals surface area contributed by atoms with E-state index in [0.29, 0.717) is 0 Å². The normalized spacial score (nSPS) is 13.7. The third-order valence-corrected chi connectivity index (χ3v) is 2.58. The molecule has 0 aliphatic heterocycles. The second kappa shape index (κ2) is 4.95. The topological polar surface area (TPSA) is 0 Å². The molecular formula is C9H17Br. The van der Waals surface area contributed by atoms with E-state index < -0.39 is 0 Å². The van der Waals surface area contributed by atoms with Gasteiger partial charge in [0.1, 0.15) is 0 Å². The Kier molecular flexibility index (Phi) is 5.06. The summed E-state index contributed by atoms with van der Waals surface area (Å²) in [5.41, 5.74) is 1.29. The maximum Gasteiger partial charge on any atom is 0.00651 e. The minimum absolute atomic E-state index is 0.760. The van der Waals surface area contributed by atoms with Crippen LogP contribution < -0.4 is 0 Å². The molecule has 0 rings (SSSR count). The van der Waals surface area contributed by atoms with Crippen molar-refractivity contribution in [2.24, 2.45) is 11.8 Å². The number of hydrogen-bond donors (Lipinski definition) is 0. The molecule has 0 spiro atoms. The van der Waals surface area contributed by atoms with Gasteiger partial charge in [-0.3, -0.25) is 0 Å². The van der Waals surface area contributed by atoms with E-state index >= 15 is 0 Å². The summed E-state index contributed by atoms with van der Waals surface area (Å²) in [4.78, 5) is 0. The second-order valence-corrected chi connectivity index (χ2v) is 3.97. The van der Waals surface area contributed by atoms with Gasteiger partial charge in [0, 0.05) is 5.33 Å². The molecule has 0 heterocycles. The molecule has 1 atom stereocenters. The molecule has 60 valence electrons. The number of allylic oxidation sites excluding steroid dienone is 1. The molecule has 0 N–H and O–H groups in total. The molecule has 0 aliphatic rings. The van der Waals surface area contributed by atoms with Crippen molar-refractivity contribution in [3.05, 3.63) is 12.2 Å². The second-order valence-electron chi connectivity index (χ2n) is 3.32. The number of rotatable bonds is 4. The van der Waals surface area contributed by atoms with Crippen molar-refractivity contribution in [3.63, 3.8) is 0 Å². The van der Waals surface area contributed by atoms with E-state index in [1.54, 1.807) is 0 Å². The van der Waals surface area contributed by atoms with E-state index in [1.165, 1.54) is 5.57 Å². The zero-order chi connectivity index (χ0) is 8.15. The SMILES string of the molecule is C=C(C)CC(CBr)C(C)C. The third kappa shape index (κ3) is 4.10. The molecule has 0 amide bonds. The van der Waals surface area contributed by atoms with Crippen LogP contribution in [0.25, 0.3) is 0 Å². The Labute approximate surface area is 72.8 Å². The molecule has 0 bridgehead atoms. The lowest BCUT2D eigenvalue weighted by Crippen LogP contribution is -2.10. The Morgan fingerprint density at radius 2 is 2.00 bits per heavy atom. The summed E-state index contributed by atoms with van der Waals surface area (Å²) < 4.78 is 0. The summed E-state index contributed by atoms with van der Waals surface area (Å²) >= 11 is 3.50. The monoisotopic (exact) mass is 204 g/mol. The summed E-state index contributed by atoms with van der Waals surface area (Å²) in [6, 6.07) is 0. The Hall–Kier alpha value is 0.220. The Morgan fingerprint density at radius 1 is 1.50 bits per heavy atom. The number of halogens is 1. The zero-order valence-electron chi connectivity index (χ0n) is 7.15. The van der Waals surface area contributed by atoms with Crippen LogP contribution in [0, 0.1) is 11.8 Å². The van der Waals surface area contributed by atoms with Crippen LogP contribution in [0.4, 0.5) is 0 Å². The van der Waals surface area contributed by atoms with Crippen LogP contribution in [0.2, 0.25) is 0 Å². The van der Waals surface area contributed by atoms with E-state index in [0.717, 1.165) is 23.6 Å². The van der Waals surface area contributed by atoms with Gasteiger partial charge in [0.15, 0.2) is 0 Å². The smallest absolute Gasteiger partial charge is 0.00651 e. The van der Waals surface area contributed by atoms with Crippen LogP contribution in [-0.4, -0.2) is 5.33 Å². The van der Waals surface area contributed by atoms with Crippen LogP contribution in [0.5, 0.6) is 0 Å². The molecule has 0 nitrogen and oxygen atoms in total. The summed E-state index contributed by atoms with van der Waals surface area (Å²) in [6.07, 6.45) is 1.16. The Bertz CT molecular complexity index is 105. The van der Waals surface area contributed by atoms with Gasteiger partial charge in [0.2, 0.25) is 0 Å². The average Bonchev–Trinajstić information content (AvgIpc) is 1.81. The molecule has 10 heavy (non-hydrogen) atoms. The lowest BCUT2D eigenvalue weighted by atomic mass is 9.92. The van der Waals surface area contributed by atoms with Crippen molar-refractivity contribution >= 4 is 15.9 Å². The highest BCUT2D eigenvalue weighted by molar-refractivity contribution is 9.09. The summed E-state index contributed by atoms with van der Waals surface area (Å²) in [7, 11) is 0. The van der Waals surface area contributed by atoms with E-state index in [-0.39, 0.29) is 0 Å². The summed E-state index contributed by atoms with van der Waals surface area (Å²) in [5, 5.41) is 1.09. The van der Waals surface area contributed by atoms with E-state index in [1.807, 2.05) is 0 Å². The van der Waals surface area contributed by atoms with Crippen LogP contribution in [0.15, 0.2) is 12.2 Å². The molecule has 0 fully saturated rings. The standard InChI is InChI=1S/C9H17Br/c1-7(2)5-9(6-10)8(3)4/h8-9H,1,5-6H2,2-4H3. The fraction of sp³-hybridized carbons (Fsp3) is 0.778. The molecule has 0 radical (unpaired) electrons. The molecule has 0 aromatic rings. The van der Waals surface area contributed by atoms with Gasteiger partial charge < -0.3 is 0 Å². The minimum atomic E-state index is 0.760. The van der Waals surface area contributed by atoms with Gasteiger partial charge in [0.25, 0.3) is 0 Å². The maximum atomic E-state index is 3.90. The first kappa shape index (κ1) is 10.2. The first-order valence-electron chi connectivity index (χ1n) is 3.78. The zero-order valence-corrected chi connectivity index (χ0v) is 8.74. The van der Waals surface area contributed by atoms with Crippen LogP contribution >= 0.6 is 15.9 Å². The third-order valence-electron chi connectivity index (χ3n) is 1.75. The van der Waals surface area contributed by atoms with Gasteiger partial charge in [0.05, 0.1) is 0 Å². The highest BCUT2D eigenvalue weighted by Crippen LogP contribution is 2.20. The lowest BCUT2D eigenvalue weighted by molar-refractivity contribution is 0.426. The number of alkyl halides is 1. The lowest BCUT2D eigenvalue weighted by Gasteiger charge is -2.17. The van der Waals surface area contributed by atoms with E-state index in [2.05, 4.69) is 43.3 Å². The predicted molar refractivity (Wildman–Crippen MR) is 51.6 cm³/mol. The fourth-order valence-electron chi connectivity index (χ4n) is 0.916. The van der Waals surface area contributed by atoms with Gasteiger partial charge in [-0.25, -0.2) is 0 Å². The van der Waals surface area contributed by atoms with Gasteiger partial charge in [-0.2, -0.15) is 0 Å². The molecule has 0 aliphatic carbocycles. The van der Waals surface area contributed by atoms with Gasteiger partial charge in [-0.05, 0) is 25.2 Å².